The number of halogens is 2. The summed E-state index contributed by atoms with van der Waals surface area (Å²) in [6, 6.07) is 12.7. The van der Waals surface area contributed by atoms with Gasteiger partial charge in [-0.15, -0.1) is 0 Å². The lowest BCUT2D eigenvalue weighted by atomic mass is 9.80. The summed E-state index contributed by atoms with van der Waals surface area (Å²) in [6.07, 6.45) is 10.5. The number of rotatable bonds is 11. The van der Waals surface area contributed by atoms with Gasteiger partial charge in [0.2, 0.25) is 5.91 Å². The van der Waals surface area contributed by atoms with Gasteiger partial charge in [0, 0.05) is 17.1 Å². The van der Waals surface area contributed by atoms with Crippen LogP contribution in [-0.4, -0.2) is 29.9 Å². The van der Waals surface area contributed by atoms with Gasteiger partial charge in [0.25, 0.3) is 5.91 Å². The Labute approximate surface area is 217 Å². The standard InChI is InChI=1S/C27H34Cl2N2O2S/c1-19(30-26(33)27(14-3-4-15-27)16-5-6-17-34-2)18-20-10-12-21(13-11-20)31-25(32)24-22(28)8-7-9-23(24)29/h7-13,19H,3-6,14-18H2,1-2H3,(H,30,33)(H,31,32). The van der Waals surface area contributed by atoms with E-state index in [0.29, 0.717) is 15.7 Å². The van der Waals surface area contributed by atoms with E-state index < -0.39 is 0 Å². The van der Waals surface area contributed by atoms with E-state index >= 15 is 0 Å². The molecule has 3 rings (SSSR count). The van der Waals surface area contributed by atoms with Gasteiger partial charge in [0.05, 0.1) is 15.6 Å². The fourth-order valence-corrected chi connectivity index (χ4v) is 5.83. The Kier molecular flexibility index (Phi) is 10.2. The monoisotopic (exact) mass is 520 g/mol. The van der Waals surface area contributed by atoms with Gasteiger partial charge in [-0.2, -0.15) is 11.8 Å². The number of thioether (sulfide) groups is 1. The minimum absolute atomic E-state index is 0.0403. The number of nitrogens with one attached hydrogen (secondary N) is 2. The van der Waals surface area contributed by atoms with Crippen LogP contribution >= 0.6 is 35.0 Å². The summed E-state index contributed by atoms with van der Waals surface area (Å²) < 4.78 is 0. The van der Waals surface area contributed by atoms with Gasteiger partial charge in [-0.05, 0) is 80.9 Å². The van der Waals surface area contributed by atoms with E-state index in [0.717, 1.165) is 56.3 Å². The van der Waals surface area contributed by atoms with Gasteiger partial charge in [-0.25, -0.2) is 0 Å². The molecular formula is C27H34Cl2N2O2S. The number of hydrogen-bond acceptors (Lipinski definition) is 3. The molecule has 1 atom stereocenters. The first-order valence-electron chi connectivity index (χ1n) is 12.0. The van der Waals surface area contributed by atoms with E-state index in [1.165, 1.54) is 6.42 Å². The van der Waals surface area contributed by atoms with Crippen LogP contribution in [0, 0.1) is 5.41 Å². The molecule has 0 saturated heterocycles. The highest BCUT2D eigenvalue weighted by atomic mass is 35.5. The smallest absolute Gasteiger partial charge is 0.258 e. The molecule has 0 aliphatic heterocycles. The molecule has 0 aromatic heterocycles. The number of carbonyl (C=O) groups is 2. The molecular weight excluding hydrogens is 487 g/mol. The van der Waals surface area contributed by atoms with Gasteiger partial charge in [0.1, 0.15) is 0 Å². The average molecular weight is 522 g/mol. The Bertz CT molecular complexity index is 955. The number of benzene rings is 2. The minimum Gasteiger partial charge on any atom is -0.353 e. The zero-order valence-corrected chi connectivity index (χ0v) is 22.3. The molecule has 2 amide bonds. The summed E-state index contributed by atoms with van der Waals surface area (Å²) in [4.78, 5) is 25.8. The van der Waals surface area contributed by atoms with E-state index in [4.69, 9.17) is 23.2 Å². The molecule has 7 heteroatoms. The van der Waals surface area contributed by atoms with Crippen LogP contribution in [0.1, 0.15) is 67.8 Å². The zero-order valence-electron chi connectivity index (χ0n) is 20.0. The van der Waals surface area contributed by atoms with Crippen molar-refractivity contribution < 1.29 is 9.59 Å². The van der Waals surface area contributed by atoms with E-state index in [1.54, 1.807) is 18.2 Å². The number of unbranched alkanes of at least 4 members (excludes halogenated alkanes) is 1. The Morgan fingerprint density at radius 2 is 1.68 bits per heavy atom. The average Bonchev–Trinajstić information content (AvgIpc) is 3.28. The molecule has 34 heavy (non-hydrogen) atoms. The van der Waals surface area contributed by atoms with Crippen molar-refractivity contribution in [1.29, 1.82) is 0 Å². The zero-order chi connectivity index (χ0) is 24.6. The van der Waals surface area contributed by atoms with Crippen LogP contribution in [0.25, 0.3) is 0 Å². The second-order valence-corrected chi connectivity index (χ2v) is 11.1. The van der Waals surface area contributed by atoms with Crippen molar-refractivity contribution in [1.82, 2.24) is 5.32 Å². The molecule has 1 aliphatic rings. The van der Waals surface area contributed by atoms with Crippen molar-refractivity contribution in [2.75, 3.05) is 17.3 Å². The topological polar surface area (TPSA) is 58.2 Å². The maximum atomic E-state index is 13.2. The van der Waals surface area contributed by atoms with Crippen molar-refractivity contribution in [3.63, 3.8) is 0 Å². The Balaban J connectivity index is 1.54. The van der Waals surface area contributed by atoms with Crippen LogP contribution in [0.4, 0.5) is 5.69 Å². The third kappa shape index (κ3) is 7.16. The second kappa shape index (κ2) is 12.9. The lowest BCUT2D eigenvalue weighted by molar-refractivity contribution is -0.132. The van der Waals surface area contributed by atoms with E-state index in [1.807, 2.05) is 36.0 Å². The molecule has 1 unspecified atom stereocenters. The summed E-state index contributed by atoms with van der Waals surface area (Å²) in [6.45, 7) is 2.06. The van der Waals surface area contributed by atoms with Crippen LogP contribution in [0.15, 0.2) is 42.5 Å². The van der Waals surface area contributed by atoms with Crippen LogP contribution < -0.4 is 10.6 Å². The summed E-state index contributed by atoms with van der Waals surface area (Å²) in [5.41, 5.74) is 1.85. The molecule has 1 saturated carbocycles. The maximum absolute atomic E-state index is 13.2. The molecule has 1 aliphatic carbocycles. The Morgan fingerprint density at radius 3 is 2.29 bits per heavy atom. The van der Waals surface area contributed by atoms with Crippen molar-refractivity contribution >= 4 is 52.5 Å². The molecule has 0 spiro atoms. The number of anilines is 1. The third-order valence-corrected chi connectivity index (χ3v) is 7.94. The molecule has 0 heterocycles. The fraction of sp³-hybridized carbons (Fsp3) is 0.481. The normalized spacial score (nSPS) is 15.6. The number of hydrogen-bond donors (Lipinski definition) is 2. The highest BCUT2D eigenvalue weighted by Gasteiger charge is 2.40. The quantitative estimate of drug-likeness (QED) is 0.303. The summed E-state index contributed by atoms with van der Waals surface area (Å²) >= 11 is 14.1. The highest BCUT2D eigenvalue weighted by Crippen LogP contribution is 2.42. The van der Waals surface area contributed by atoms with Crippen molar-refractivity contribution in [3.05, 3.63) is 63.6 Å². The van der Waals surface area contributed by atoms with Gasteiger partial charge < -0.3 is 10.6 Å². The molecule has 1 fully saturated rings. The molecule has 0 bridgehead atoms. The first kappa shape index (κ1) is 26.9. The van der Waals surface area contributed by atoms with Crippen molar-refractivity contribution in [2.24, 2.45) is 5.41 Å². The predicted molar refractivity (Wildman–Crippen MR) is 145 cm³/mol. The third-order valence-electron chi connectivity index (χ3n) is 6.62. The lowest BCUT2D eigenvalue weighted by Crippen LogP contribution is -2.44. The largest absolute Gasteiger partial charge is 0.353 e. The van der Waals surface area contributed by atoms with Gasteiger partial charge in [-0.3, -0.25) is 9.59 Å². The second-order valence-electron chi connectivity index (χ2n) is 9.26. The molecule has 2 N–H and O–H groups in total. The fourth-order valence-electron chi connectivity index (χ4n) is 4.77. The molecule has 184 valence electrons. The van der Waals surface area contributed by atoms with Gasteiger partial charge in [-0.1, -0.05) is 60.7 Å². The van der Waals surface area contributed by atoms with Crippen molar-refractivity contribution in [2.45, 2.75) is 64.3 Å². The van der Waals surface area contributed by atoms with Gasteiger partial charge >= 0.3 is 0 Å². The van der Waals surface area contributed by atoms with Crippen LogP contribution in [0.2, 0.25) is 10.0 Å². The summed E-state index contributed by atoms with van der Waals surface area (Å²) in [5, 5.41) is 6.76. The molecule has 2 aromatic rings. The number of amides is 2. The summed E-state index contributed by atoms with van der Waals surface area (Å²) in [5.74, 6) is 1.04. The summed E-state index contributed by atoms with van der Waals surface area (Å²) in [7, 11) is 0. The van der Waals surface area contributed by atoms with Crippen LogP contribution in [0.3, 0.4) is 0 Å². The first-order chi connectivity index (χ1) is 16.3. The highest BCUT2D eigenvalue weighted by molar-refractivity contribution is 7.98. The maximum Gasteiger partial charge on any atom is 0.258 e. The van der Waals surface area contributed by atoms with E-state index in [2.05, 4.69) is 23.8 Å². The Morgan fingerprint density at radius 1 is 1.03 bits per heavy atom. The Hall–Kier alpha value is -1.69. The predicted octanol–water partition coefficient (Wildman–Crippen LogP) is 7.39. The SMILES string of the molecule is CSCCCCC1(C(=O)NC(C)Cc2ccc(NC(=O)c3c(Cl)cccc3Cl)cc2)CCCC1. The molecule has 0 radical (unpaired) electrons. The first-order valence-corrected chi connectivity index (χ1v) is 14.1. The molecule has 2 aromatic carbocycles. The molecule has 4 nitrogen and oxygen atoms in total. The van der Waals surface area contributed by atoms with E-state index in [-0.39, 0.29) is 28.8 Å². The number of carbonyl (C=O) groups excluding carboxylic acids is 2. The van der Waals surface area contributed by atoms with Crippen molar-refractivity contribution in [3.8, 4) is 0 Å². The van der Waals surface area contributed by atoms with Crippen LogP contribution in [-0.2, 0) is 11.2 Å². The minimum atomic E-state index is -0.344. The van der Waals surface area contributed by atoms with E-state index in [9.17, 15) is 9.59 Å². The van der Waals surface area contributed by atoms with Crippen LogP contribution in [0.5, 0.6) is 0 Å². The lowest BCUT2D eigenvalue weighted by Gasteiger charge is -2.29. The van der Waals surface area contributed by atoms with Gasteiger partial charge in [0.15, 0.2) is 0 Å².